The van der Waals surface area contributed by atoms with Crippen molar-refractivity contribution in [3.05, 3.63) is 44.4 Å². The first kappa shape index (κ1) is 16.9. The van der Waals surface area contributed by atoms with Crippen molar-refractivity contribution in [3.63, 3.8) is 0 Å². The number of thioether (sulfide) groups is 1. The van der Waals surface area contributed by atoms with Gasteiger partial charge < -0.3 is 15.2 Å². The molecule has 2 aromatic rings. The van der Waals surface area contributed by atoms with Crippen LogP contribution in [0.2, 0.25) is 0 Å². The number of rotatable bonds is 3. The minimum atomic E-state index is -1.26. The number of H-pyrrole nitrogens is 1. The molecule has 10 heteroatoms. The van der Waals surface area contributed by atoms with Crippen LogP contribution in [0.25, 0.3) is 0 Å². The molecule has 3 atom stereocenters. The first-order valence-electron chi connectivity index (χ1n) is 7.62. The lowest BCUT2D eigenvalue weighted by Crippen LogP contribution is -2.36. The van der Waals surface area contributed by atoms with Gasteiger partial charge in [0.15, 0.2) is 0 Å². The number of hydrogen-bond donors (Lipinski definition) is 3. The Bertz CT molecular complexity index is 979. The van der Waals surface area contributed by atoms with Crippen molar-refractivity contribution in [2.24, 2.45) is 5.92 Å². The number of imide groups is 1. The fourth-order valence-corrected chi connectivity index (χ4v) is 5.94. The van der Waals surface area contributed by atoms with Crippen molar-refractivity contribution in [1.29, 1.82) is 0 Å². The molecule has 0 radical (unpaired) electrons. The first-order chi connectivity index (χ1) is 12.4. The van der Waals surface area contributed by atoms with E-state index in [-0.39, 0.29) is 10.6 Å². The zero-order valence-corrected chi connectivity index (χ0v) is 14.7. The summed E-state index contributed by atoms with van der Waals surface area (Å²) in [6.45, 7) is -0.683. The topological polar surface area (TPSA) is 128 Å². The number of aromatic hydroxyl groups is 1. The number of phenolic OH excluding ortho intramolecular Hbond substituents is 1. The van der Waals surface area contributed by atoms with Gasteiger partial charge in [-0.3, -0.25) is 24.1 Å². The van der Waals surface area contributed by atoms with Crippen LogP contribution >= 0.6 is 23.1 Å². The van der Waals surface area contributed by atoms with Crippen LogP contribution in [-0.2, 0) is 14.4 Å². The second-order valence-corrected chi connectivity index (χ2v) is 8.16. The maximum absolute atomic E-state index is 12.8. The minimum absolute atomic E-state index is 0.0549. The molecule has 2 amide bonds. The summed E-state index contributed by atoms with van der Waals surface area (Å²) in [6.07, 6.45) is 0. The number of hydrogen-bond acceptors (Lipinski definition) is 7. The van der Waals surface area contributed by atoms with Crippen LogP contribution in [0.3, 0.4) is 0 Å². The number of nitrogens with one attached hydrogen (secondary N) is 1. The zero-order valence-electron chi connectivity index (χ0n) is 13.0. The van der Waals surface area contributed by atoms with E-state index in [1.807, 2.05) is 0 Å². The van der Waals surface area contributed by atoms with Crippen LogP contribution in [0.4, 0.5) is 0 Å². The Hall–Kier alpha value is -2.59. The van der Waals surface area contributed by atoms with E-state index < -0.39 is 41.4 Å². The quantitative estimate of drug-likeness (QED) is 0.660. The summed E-state index contributed by atoms with van der Waals surface area (Å²) in [6, 6.07) is 6.21. The SMILES string of the molecule is O=C(O)CN1C(=O)C2Sc3[nH]c(=O)sc3[C@H](c3ccc(O)cc3)C2C1=O. The summed E-state index contributed by atoms with van der Waals surface area (Å²) >= 11 is 2.07. The molecular formula is C16H12N2O6S2. The van der Waals surface area contributed by atoms with Gasteiger partial charge in [0, 0.05) is 10.8 Å². The van der Waals surface area contributed by atoms with Crippen LogP contribution in [0.15, 0.2) is 34.1 Å². The molecule has 26 heavy (non-hydrogen) atoms. The molecule has 2 aliphatic rings. The number of aromatic nitrogens is 1. The Morgan fingerprint density at radius 2 is 1.85 bits per heavy atom. The third-order valence-corrected chi connectivity index (χ3v) is 6.86. The number of carbonyl (C=O) groups excluding carboxylic acids is 2. The third kappa shape index (κ3) is 2.53. The van der Waals surface area contributed by atoms with Gasteiger partial charge >= 0.3 is 10.8 Å². The van der Waals surface area contributed by atoms with E-state index in [1.54, 1.807) is 12.1 Å². The Kier molecular flexibility index (Phi) is 3.88. The second kappa shape index (κ2) is 5.99. The van der Waals surface area contributed by atoms with E-state index in [9.17, 15) is 24.3 Å². The molecule has 0 bridgehead atoms. The Balaban J connectivity index is 1.85. The standard InChI is InChI=1S/C16H12N2O6S2/c19-7-3-1-6(2-4-7)9-10-12(25-13-11(9)26-16(24)17-13)15(23)18(14(10)22)5-8(20)21/h1-4,9-10,12,19H,5H2,(H,17,24)(H,20,21)/t9-,10?,12?/m1/s1. The van der Waals surface area contributed by atoms with Crippen LogP contribution in [0.1, 0.15) is 16.4 Å². The van der Waals surface area contributed by atoms with Crippen LogP contribution < -0.4 is 4.87 Å². The lowest BCUT2D eigenvalue weighted by atomic mass is 9.83. The van der Waals surface area contributed by atoms with Crippen LogP contribution in [0, 0.1) is 5.92 Å². The average Bonchev–Trinajstić information content (AvgIpc) is 3.06. The molecule has 1 aromatic carbocycles. The highest BCUT2D eigenvalue weighted by Gasteiger charge is 2.56. The number of aromatic amines is 1. The summed E-state index contributed by atoms with van der Waals surface area (Å²) in [4.78, 5) is 52.2. The molecule has 4 rings (SSSR count). The monoisotopic (exact) mass is 392 g/mol. The van der Waals surface area contributed by atoms with Gasteiger partial charge in [-0.25, -0.2) is 0 Å². The Morgan fingerprint density at radius 1 is 1.15 bits per heavy atom. The van der Waals surface area contributed by atoms with E-state index in [4.69, 9.17) is 5.11 Å². The average molecular weight is 392 g/mol. The summed E-state index contributed by atoms with van der Waals surface area (Å²) < 4.78 is 0. The van der Waals surface area contributed by atoms with Gasteiger partial charge in [-0.15, -0.1) is 0 Å². The van der Waals surface area contributed by atoms with Gasteiger partial charge in [-0.2, -0.15) is 0 Å². The molecular weight excluding hydrogens is 380 g/mol. The zero-order chi connectivity index (χ0) is 18.6. The van der Waals surface area contributed by atoms with Crippen molar-refractivity contribution >= 4 is 40.9 Å². The second-order valence-electron chi connectivity index (χ2n) is 6.00. The normalized spacial score (nSPS) is 24.5. The van der Waals surface area contributed by atoms with Crippen molar-refractivity contribution in [3.8, 4) is 5.75 Å². The largest absolute Gasteiger partial charge is 0.508 e. The number of carboxylic acid groups (broad SMARTS) is 1. The molecule has 1 aromatic heterocycles. The highest BCUT2D eigenvalue weighted by atomic mass is 32.2. The number of aliphatic carboxylic acids is 1. The number of amides is 2. The predicted octanol–water partition coefficient (Wildman–Crippen LogP) is 0.818. The number of fused-ring (bicyclic) bond motifs is 2. The summed E-state index contributed by atoms with van der Waals surface area (Å²) in [5, 5.41) is 18.3. The summed E-state index contributed by atoms with van der Waals surface area (Å²) in [7, 11) is 0. The van der Waals surface area contributed by atoms with Crippen molar-refractivity contribution < 1.29 is 24.6 Å². The summed E-state index contributed by atoms with van der Waals surface area (Å²) in [5.74, 6) is -3.68. The highest BCUT2D eigenvalue weighted by Crippen LogP contribution is 2.52. The molecule has 1 saturated heterocycles. The fourth-order valence-electron chi connectivity index (χ4n) is 3.41. The number of thiazole rings is 1. The van der Waals surface area contributed by atoms with Gasteiger partial charge in [-0.05, 0) is 17.7 Å². The molecule has 0 aliphatic carbocycles. The van der Waals surface area contributed by atoms with Crippen LogP contribution in [-0.4, -0.2) is 49.7 Å². The predicted molar refractivity (Wildman–Crippen MR) is 92.4 cm³/mol. The van der Waals surface area contributed by atoms with E-state index in [2.05, 4.69) is 4.98 Å². The fraction of sp³-hybridized carbons (Fsp3) is 0.250. The first-order valence-corrected chi connectivity index (χ1v) is 9.32. The molecule has 134 valence electrons. The van der Waals surface area contributed by atoms with E-state index in [0.29, 0.717) is 15.5 Å². The van der Waals surface area contributed by atoms with Gasteiger partial charge in [-0.1, -0.05) is 35.2 Å². The molecule has 0 spiro atoms. The van der Waals surface area contributed by atoms with Crippen molar-refractivity contribution in [1.82, 2.24) is 9.88 Å². The lowest BCUT2D eigenvalue weighted by Gasteiger charge is -2.29. The number of carbonyl (C=O) groups is 3. The van der Waals surface area contributed by atoms with Gasteiger partial charge in [0.05, 0.1) is 10.9 Å². The molecule has 1 fully saturated rings. The third-order valence-electron chi connectivity index (χ3n) is 4.46. The minimum Gasteiger partial charge on any atom is -0.508 e. The smallest absolute Gasteiger partial charge is 0.323 e. The molecule has 8 nitrogen and oxygen atoms in total. The van der Waals surface area contributed by atoms with Crippen LogP contribution in [0.5, 0.6) is 5.75 Å². The number of benzene rings is 1. The van der Waals surface area contributed by atoms with Gasteiger partial charge in [0.1, 0.15) is 17.5 Å². The highest BCUT2D eigenvalue weighted by molar-refractivity contribution is 8.00. The number of nitrogens with zero attached hydrogens (tertiary/aromatic N) is 1. The van der Waals surface area contributed by atoms with Crippen molar-refractivity contribution in [2.45, 2.75) is 16.2 Å². The Morgan fingerprint density at radius 3 is 2.50 bits per heavy atom. The molecule has 0 saturated carbocycles. The van der Waals surface area contributed by atoms with E-state index >= 15 is 0 Å². The maximum Gasteiger partial charge on any atom is 0.323 e. The molecule has 3 heterocycles. The summed E-state index contributed by atoms with van der Waals surface area (Å²) in [5.41, 5.74) is 0.674. The van der Waals surface area contributed by atoms with E-state index in [1.165, 1.54) is 12.1 Å². The molecule has 2 aliphatic heterocycles. The van der Waals surface area contributed by atoms with Crippen molar-refractivity contribution in [2.75, 3.05) is 6.54 Å². The van der Waals surface area contributed by atoms with Gasteiger partial charge in [0.25, 0.3) is 0 Å². The molecule has 2 unspecified atom stereocenters. The maximum atomic E-state index is 12.8. The molecule has 3 N–H and O–H groups in total. The number of likely N-dealkylation sites (tertiary alicyclic amines) is 1. The lowest BCUT2D eigenvalue weighted by molar-refractivity contribution is -0.149. The number of carboxylic acids is 1. The van der Waals surface area contributed by atoms with E-state index in [0.717, 1.165) is 28.0 Å². The Labute approximate surface area is 154 Å². The number of phenols is 1. The van der Waals surface area contributed by atoms with Gasteiger partial charge in [0.2, 0.25) is 11.8 Å².